The van der Waals surface area contributed by atoms with E-state index in [1.807, 2.05) is 53.4 Å². The van der Waals surface area contributed by atoms with Gasteiger partial charge in [0.2, 0.25) is 0 Å². The van der Waals surface area contributed by atoms with Gasteiger partial charge in [-0.15, -0.1) is 0 Å². The van der Waals surface area contributed by atoms with Crippen molar-refractivity contribution in [2.24, 2.45) is 0 Å². The van der Waals surface area contributed by atoms with E-state index in [1.165, 1.54) is 7.11 Å². The Morgan fingerprint density at radius 3 is 2.31 bits per heavy atom. The molecule has 0 aliphatic carbocycles. The van der Waals surface area contributed by atoms with Crippen LogP contribution in [-0.4, -0.2) is 49.8 Å². The van der Waals surface area contributed by atoms with Gasteiger partial charge in [0, 0.05) is 25.5 Å². The predicted octanol–water partition coefficient (Wildman–Crippen LogP) is 4.30. The van der Waals surface area contributed by atoms with Crippen LogP contribution in [0.15, 0.2) is 60.9 Å². The third-order valence-electron chi connectivity index (χ3n) is 4.48. The molecule has 0 unspecified atom stereocenters. The van der Waals surface area contributed by atoms with E-state index in [0.29, 0.717) is 41.0 Å². The Morgan fingerprint density at radius 1 is 1.00 bits per heavy atom. The molecule has 0 spiro atoms. The van der Waals surface area contributed by atoms with Gasteiger partial charge in [-0.25, -0.2) is 0 Å². The fourth-order valence-corrected chi connectivity index (χ4v) is 3.17. The molecule has 0 saturated carbocycles. The number of hydrogen-bond acceptors (Lipinski definition) is 4. The third kappa shape index (κ3) is 4.66. The second-order valence-corrected chi connectivity index (χ2v) is 6.73. The van der Waals surface area contributed by atoms with Crippen LogP contribution in [0, 0.1) is 0 Å². The number of rotatable bonds is 8. The summed E-state index contributed by atoms with van der Waals surface area (Å²) in [6.45, 7) is 0.705. The van der Waals surface area contributed by atoms with Gasteiger partial charge >= 0.3 is 0 Å². The highest BCUT2D eigenvalue weighted by atomic mass is 35.5. The van der Waals surface area contributed by atoms with Crippen LogP contribution in [0.5, 0.6) is 17.2 Å². The average molecular weight is 415 g/mol. The van der Waals surface area contributed by atoms with Crippen molar-refractivity contribution >= 4 is 17.5 Å². The first-order valence-corrected chi connectivity index (χ1v) is 9.45. The molecule has 6 nitrogen and oxygen atoms in total. The summed E-state index contributed by atoms with van der Waals surface area (Å²) in [7, 11) is 4.83. The van der Waals surface area contributed by atoms with Gasteiger partial charge in [0.25, 0.3) is 5.91 Å². The lowest BCUT2D eigenvalue weighted by molar-refractivity contribution is 0.0770. The molecular weight excluding hydrogens is 392 g/mol. The fraction of sp³-hybridized carbons (Fsp3) is 0.227. The summed E-state index contributed by atoms with van der Waals surface area (Å²) in [5.74, 6) is 1.54. The molecule has 152 valence electrons. The van der Waals surface area contributed by atoms with Crippen molar-refractivity contribution in [3.8, 4) is 22.9 Å². The number of benzene rings is 2. The molecule has 0 bridgehead atoms. The summed E-state index contributed by atoms with van der Waals surface area (Å²) >= 11 is 6.43. The highest BCUT2D eigenvalue weighted by Gasteiger charge is 2.20. The molecule has 0 atom stereocenters. The zero-order chi connectivity index (χ0) is 20.8. The number of ether oxygens (including phenoxy) is 3. The Labute approximate surface area is 175 Å². The smallest absolute Gasteiger partial charge is 0.257 e. The summed E-state index contributed by atoms with van der Waals surface area (Å²) in [5, 5.41) is 0.462. The van der Waals surface area contributed by atoms with Crippen molar-refractivity contribution in [3.63, 3.8) is 0 Å². The number of nitrogens with zero attached hydrogens (tertiary/aromatic N) is 2. The van der Waals surface area contributed by atoms with Crippen molar-refractivity contribution in [2.75, 3.05) is 34.4 Å². The van der Waals surface area contributed by atoms with Crippen LogP contribution < -0.4 is 14.2 Å². The van der Waals surface area contributed by atoms with Gasteiger partial charge in [0.15, 0.2) is 11.5 Å². The van der Waals surface area contributed by atoms with Crippen LogP contribution in [0.2, 0.25) is 5.02 Å². The maximum atomic E-state index is 12.9. The molecular formula is C22H23ClN2O4. The molecule has 2 aromatic carbocycles. The Morgan fingerprint density at radius 2 is 1.66 bits per heavy atom. The molecule has 7 heteroatoms. The molecule has 3 aromatic rings. The predicted molar refractivity (Wildman–Crippen MR) is 113 cm³/mol. The Hall–Kier alpha value is -3.12. The van der Waals surface area contributed by atoms with Crippen LogP contribution in [0.25, 0.3) is 5.69 Å². The van der Waals surface area contributed by atoms with E-state index in [9.17, 15) is 4.79 Å². The molecule has 1 heterocycles. The molecule has 0 radical (unpaired) electrons. The number of aromatic nitrogens is 1. The second-order valence-electron chi connectivity index (χ2n) is 6.32. The lowest BCUT2D eigenvalue weighted by Crippen LogP contribution is -2.31. The van der Waals surface area contributed by atoms with Crippen molar-refractivity contribution in [3.05, 3.63) is 71.5 Å². The zero-order valence-corrected chi connectivity index (χ0v) is 17.3. The molecule has 0 aliphatic rings. The van der Waals surface area contributed by atoms with Gasteiger partial charge in [-0.3, -0.25) is 4.79 Å². The van der Waals surface area contributed by atoms with Gasteiger partial charge < -0.3 is 23.7 Å². The molecule has 1 amide bonds. The van der Waals surface area contributed by atoms with E-state index in [2.05, 4.69) is 0 Å². The van der Waals surface area contributed by atoms with E-state index < -0.39 is 0 Å². The summed E-state index contributed by atoms with van der Waals surface area (Å²) < 4.78 is 18.3. The minimum absolute atomic E-state index is 0.202. The maximum absolute atomic E-state index is 12.9. The second kappa shape index (κ2) is 9.39. The van der Waals surface area contributed by atoms with Crippen molar-refractivity contribution < 1.29 is 19.0 Å². The zero-order valence-electron chi connectivity index (χ0n) is 16.6. The number of hydrogen-bond donors (Lipinski definition) is 0. The topological polar surface area (TPSA) is 52.9 Å². The lowest BCUT2D eigenvalue weighted by atomic mass is 10.1. The van der Waals surface area contributed by atoms with Crippen molar-refractivity contribution in [2.45, 2.75) is 0 Å². The summed E-state index contributed by atoms with van der Waals surface area (Å²) in [6, 6.07) is 14.6. The molecule has 0 aliphatic heterocycles. The Balaban J connectivity index is 1.71. The van der Waals surface area contributed by atoms with Crippen LogP contribution in [0.4, 0.5) is 0 Å². The minimum atomic E-state index is -0.202. The van der Waals surface area contributed by atoms with Crippen LogP contribution >= 0.6 is 11.6 Å². The van der Waals surface area contributed by atoms with E-state index in [0.717, 1.165) is 5.69 Å². The van der Waals surface area contributed by atoms with Gasteiger partial charge in [-0.1, -0.05) is 23.7 Å². The quantitative estimate of drug-likeness (QED) is 0.551. The molecule has 0 fully saturated rings. The molecule has 1 aromatic heterocycles. The SMILES string of the molecule is COc1ccccc1OCCN(C)C(=O)c1cc(Cl)c(-n2cccc2)cc1OC. The summed E-state index contributed by atoms with van der Waals surface area (Å²) in [5.41, 5.74) is 1.14. The molecule has 0 saturated heterocycles. The first-order chi connectivity index (χ1) is 14.0. The van der Waals surface area contributed by atoms with Gasteiger partial charge in [-0.05, 0) is 30.3 Å². The van der Waals surface area contributed by atoms with Gasteiger partial charge in [0.05, 0.1) is 37.0 Å². The maximum Gasteiger partial charge on any atom is 0.257 e. The van der Waals surface area contributed by atoms with Crippen LogP contribution in [0.1, 0.15) is 10.4 Å². The van der Waals surface area contributed by atoms with Crippen LogP contribution in [-0.2, 0) is 0 Å². The fourth-order valence-electron chi connectivity index (χ4n) is 2.91. The van der Waals surface area contributed by atoms with Crippen molar-refractivity contribution in [1.82, 2.24) is 9.47 Å². The van der Waals surface area contributed by atoms with Gasteiger partial charge in [-0.2, -0.15) is 0 Å². The number of methoxy groups -OCH3 is 2. The Kier molecular flexibility index (Phi) is 6.67. The van der Waals surface area contributed by atoms with Gasteiger partial charge in [0.1, 0.15) is 12.4 Å². The largest absolute Gasteiger partial charge is 0.496 e. The van der Waals surface area contributed by atoms with E-state index in [-0.39, 0.29) is 5.91 Å². The first-order valence-electron chi connectivity index (χ1n) is 9.07. The summed E-state index contributed by atoms with van der Waals surface area (Å²) in [4.78, 5) is 14.5. The van der Waals surface area contributed by atoms with E-state index in [4.69, 9.17) is 25.8 Å². The number of carbonyl (C=O) groups is 1. The van der Waals surface area contributed by atoms with E-state index in [1.54, 1.807) is 31.2 Å². The number of halogens is 1. The highest BCUT2D eigenvalue weighted by Crippen LogP contribution is 2.31. The minimum Gasteiger partial charge on any atom is -0.496 e. The molecule has 3 rings (SSSR count). The van der Waals surface area contributed by atoms with E-state index >= 15 is 0 Å². The number of para-hydroxylation sites is 2. The highest BCUT2D eigenvalue weighted by molar-refractivity contribution is 6.33. The molecule has 29 heavy (non-hydrogen) atoms. The monoisotopic (exact) mass is 414 g/mol. The normalized spacial score (nSPS) is 10.5. The first kappa shape index (κ1) is 20.6. The van der Waals surface area contributed by atoms with Crippen molar-refractivity contribution in [1.29, 1.82) is 0 Å². The lowest BCUT2D eigenvalue weighted by Gasteiger charge is -2.20. The number of carbonyl (C=O) groups excluding carboxylic acids is 1. The third-order valence-corrected chi connectivity index (χ3v) is 4.78. The molecule has 0 N–H and O–H groups in total. The number of likely N-dealkylation sites (N-methyl/N-ethyl adjacent to an activating group) is 1. The summed E-state index contributed by atoms with van der Waals surface area (Å²) in [6.07, 6.45) is 3.76. The van der Waals surface area contributed by atoms with Crippen LogP contribution in [0.3, 0.4) is 0 Å². The Bertz CT molecular complexity index is 973. The average Bonchev–Trinajstić information content (AvgIpc) is 3.27. The standard InChI is InChI=1S/C22H23ClN2O4/c1-24(12-13-29-20-9-5-4-8-19(20)27-2)22(26)16-14-17(23)18(15-21(16)28-3)25-10-6-7-11-25/h4-11,14-15H,12-13H2,1-3H3. The number of amides is 1.